The SMILES string of the molecule is Cc1c(F)cc(N)c(C=[NH2+])c1-c1c(C(F)(F)F)cc2c(N3C[C@@H]4C[C@H]3CN4)nc(OC3CCOCC3)nc2c1OCc1ccc(-c2cn([C@H](C(=O)N3CCC[C@H]3C(=O)N[C@@H](CO)c3ccc(-c4ncncc4Cl)cc3)C(C)C)nn2)cc1. The van der Waals surface area contributed by atoms with E-state index < -0.39 is 47.2 Å². The summed E-state index contributed by atoms with van der Waals surface area (Å²) in [6, 6.07) is 13.7. The molecule has 4 aliphatic heterocycles. The zero-order valence-corrected chi connectivity index (χ0v) is 45.9. The van der Waals surface area contributed by atoms with Crippen molar-refractivity contribution in [3.63, 3.8) is 0 Å². The predicted octanol–water partition coefficient (Wildman–Crippen LogP) is 6.62. The number of aliphatic hydroxyl groups is 1. The number of halogens is 5. The summed E-state index contributed by atoms with van der Waals surface area (Å²) in [6.07, 6.45) is 3.12. The van der Waals surface area contributed by atoms with Gasteiger partial charge in [-0.3, -0.25) is 15.0 Å². The van der Waals surface area contributed by atoms with Crippen molar-refractivity contribution in [1.29, 1.82) is 0 Å². The van der Waals surface area contributed by atoms with E-state index in [0.29, 0.717) is 91.6 Å². The van der Waals surface area contributed by atoms with E-state index in [0.717, 1.165) is 30.3 Å². The zero-order chi connectivity index (χ0) is 57.6. The average molecular weight is 1150 g/mol. The lowest BCUT2D eigenvalue weighted by Gasteiger charge is -2.31. The molecule has 5 atom stereocenters. The van der Waals surface area contributed by atoms with Gasteiger partial charge in [0.05, 0.1) is 53.9 Å². The van der Waals surface area contributed by atoms with Crippen LogP contribution in [0.15, 0.2) is 79.4 Å². The monoisotopic (exact) mass is 1150 g/mol. The highest BCUT2D eigenvalue weighted by molar-refractivity contribution is 6.32. The molecule has 0 spiro atoms. The minimum atomic E-state index is -5.01. The number of ether oxygens (including phenoxy) is 3. The number of hydrogen-bond donors (Lipinski definition) is 5. The standard InChI is InChI=1S/C58H60ClF4N13O6/c1-30(2)52(56(79)74-16-4-5-47(74)55(78)69-46(27-77)34-10-12-35(13-11-34)50-42(59)24-66-29-68-50)76-26-45(72-73-76)33-8-6-32(7-9-33)28-81-53-49(48-31(3)43(60)21-44(65)40(48)22-64)41(58(61,62)63)20-39-51(53)70-57(82-38-14-17-80-18-15-38)71-54(39)75-25-36-19-37(75)23-67-36/h6-13,20-22,24,26,29-30,36-38,46-47,52,64,67,77H,4-5,14-19,23,25,27-28,65H2,1-3H3,(H,69,78)/p+1/t36-,37-,46-,47-,52-/m0/s1. The van der Waals surface area contributed by atoms with Gasteiger partial charge in [0.25, 0.3) is 0 Å². The Kier molecular flexibility index (Phi) is 15.8. The molecule has 0 unspecified atom stereocenters. The average Bonchev–Trinajstić information content (AvgIpc) is 1.64. The number of hydrogen-bond acceptors (Lipinski definition) is 15. The lowest BCUT2D eigenvalue weighted by molar-refractivity contribution is -0.142. The van der Waals surface area contributed by atoms with Gasteiger partial charge in [0.15, 0.2) is 12.0 Å². The second-order valence-corrected chi connectivity index (χ2v) is 21.9. The highest BCUT2D eigenvalue weighted by Gasteiger charge is 2.44. The number of anilines is 2. The van der Waals surface area contributed by atoms with Crippen molar-refractivity contribution in [3.8, 4) is 45.4 Å². The minimum Gasteiger partial charge on any atom is -0.486 e. The maximum atomic E-state index is 15.9. The molecule has 0 radical (unpaired) electrons. The number of aromatic nitrogens is 7. The van der Waals surface area contributed by atoms with E-state index in [1.807, 2.05) is 18.7 Å². The van der Waals surface area contributed by atoms with Crippen LogP contribution in [0.5, 0.6) is 11.8 Å². The maximum Gasteiger partial charge on any atom is 0.417 e. The van der Waals surface area contributed by atoms with Crippen LogP contribution in [0.25, 0.3) is 44.5 Å². The van der Waals surface area contributed by atoms with Gasteiger partial charge in [-0.1, -0.05) is 79.2 Å². The topological polar surface area (TPSA) is 246 Å². The first-order valence-corrected chi connectivity index (χ1v) is 27.6. The summed E-state index contributed by atoms with van der Waals surface area (Å²) in [6.45, 7) is 6.77. The normalized spacial score (nSPS) is 19.0. The second kappa shape index (κ2) is 23.2. The molecule has 4 fully saturated rings. The molecule has 11 rings (SSSR count). The fraction of sp³-hybridized carbons (Fsp3) is 0.397. The van der Waals surface area contributed by atoms with Crippen LogP contribution in [-0.2, 0) is 27.1 Å². The number of fused-ring (bicyclic) bond motifs is 3. The van der Waals surface area contributed by atoms with E-state index in [1.54, 1.807) is 59.6 Å². The Labute approximate surface area is 474 Å². The first-order chi connectivity index (χ1) is 39.5. The maximum absolute atomic E-state index is 15.9. The van der Waals surface area contributed by atoms with Crippen molar-refractivity contribution >= 4 is 52.0 Å². The third-order valence-corrected chi connectivity index (χ3v) is 16.2. The van der Waals surface area contributed by atoms with Gasteiger partial charge in [-0.2, -0.15) is 23.1 Å². The van der Waals surface area contributed by atoms with Crippen molar-refractivity contribution in [1.82, 2.24) is 50.5 Å². The van der Waals surface area contributed by atoms with Crippen LogP contribution in [0.1, 0.15) is 85.9 Å². The molecule has 7 heterocycles. The summed E-state index contributed by atoms with van der Waals surface area (Å²) in [5.74, 6) is -1.90. The van der Waals surface area contributed by atoms with E-state index in [2.05, 4.69) is 30.9 Å². The molecule has 82 heavy (non-hydrogen) atoms. The van der Waals surface area contributed by atoms with Gasteiger partial charge >= 0.3 is 12.2 Å². The molecule has 19 nitrogen and oxygen atoms in total. The lowest BCUT2D eigenvalue weighted by atomic mass is 9.88. The Bertz CT molecular complexity index is 3550. The van der Waals surface area contributed by atoms with Crippen LogP contribution in [-0.4, -0.2) is 127 Å². The molecule has 0 saturated carbocycles. The third-order valence-electron chi connectivity index (χ3n) is 15.9. The molecule has 7 aromatic rings. The van der Waals surface area contributed by atoms with Crippen LogP contribution in [0.2, 0.25) is 5.02 Å². The summed E-state index contributed by atoms with van der Waals surface area (Å²) >= 11 is 6.30. The number of likely N-dealkylation sites (tertiary alicyclic amines) is 1. The first-order valence-electron chi connectivity index (χ1n) is 27.2. The number of carbonyl (C=O) groups is 2. The molecular weight excluding hydrogens is 1090 g/mol. The number of carbonyl (C=O) groups excluding carboxylic acids is 2. The van der Waals surface area contributed by atoms with Gasteiger partial charge in [0.2, 0.25) is 11.8 Å². The van der Waals surface area contributed by atoms with E-state index >= 15 is 17.6 Å². The molecule has 7 N–H and O–H groups in total. The molecule has 0 aliphatic carbocycles. The number of nitrogens with two attached hydrogens (primary N) is 2. The van der Waals surface area contributed by atoms with Crippen molar-refractivity contribution in [2.24, 2.45) is 5.92 Å². The first kappa shape index (κ1) is 56.0. The largest absolute Gasteiger partial charge is 0.486 e. The molecule has 4 aliphatic rings. The molecule has 428 valence electrons. The molecule has 3 aromatic heterocycles. The van der Waals surface area contributed by atoms with Crippen molar-refractivity contribution in [2.45, 2.75) is 102 Å². The van der Waals surface area contributed by atoms with Crippen molar-refractivity contribution < 1.29 is 51.9 Å². The summed E-state index contributed by atoms with van der Waals surface area (Å²) in [7, 11) is 0. The molecule has 2 bridgehead atoms. The Morgan fingerprint density at radius 2 is 1.80 bits per heavy atom. The van der Waals surface area contributed by atoms with Crippen LogP contribution in [0.3, 0.4) is 0 Å². The van der Waals surface area contributed by atoms with Gasteiger partial charge in [-0.15, -0.1) is 5.10 Å². The number of rotatable bonds is 17. The van der Waals surface area contributed by atoms with Gasteiger partial charge in [-0.05, 0) is 60.9 Å². The fourth-order valence-electron chi connectivity index (χ4n) is 11.7. The number of amides is 2. The summed E-state index contributed by atoms with van der Waals surface area (Å²) in [5.41, 5.74) is 7.62. The Balaban J connectivity index is 0.877. The van der Waals surface area contributed by atoms with Crippen molar-refractivity contribution in [2.75, 3.05) is 50.1 Å². The Morgan fingerprint density at radius 1 is 1.05 bits per heavy atom. The van der Waals surface area contributed by atoms with Crippen LogP contribution in [0, 0.1) is 18.7 Å². The molecule has 24 heteroatoms. The fourth-order valence-corrected chi connectivity index (χ4v) is 11.9. The van der Waals surface area contributed by atoms with Crippen molar-refractivity contribution in [3.05, 3.63) is 118 Å². The second-order valence-electron chi connectivity index (χ2n) is 21.5. The Hall–Kier alpha value is -7.86. The number of nitrogens with one attached hydrogen (secondary N) is 2. The van der Waals surface area contributed by atoms with E-state index in [9.17, 15) is 14.7 Å². The summed E-state index contributed by atoms with van der Waals surface area (Å²) in [4.78, 5) is 49.9. The smallest absolute Gasteiger partial charge is 0.417 e. The Morgan fingerprint density at radius 3 is 2.48 bits per heavy atom. The zero-order valence-electron chi connectivity index (χ0n) is 45.2. The molecule has 4 saturated heterocycles. The summed E-state index contributed by atoms with van der Waals surface area (Å²) < 4.78 is 83.5. The van der Waals surface area contributed by atoms with Gasteiger partial charge in [0.1, 0.15) is 54.0 Å². The number of nitrogen functional groups attached to an aromatic ring is 1. The summed E-state index contributed by atoms with van der Waals surface area (Å²) in [5, 5.41) is 32.2. The molecular formula is C58H61ClF4N13O6+. The number of nitrogens with zero attached hydrogens (tertiary/aromatic N) is 9. The minimum absolute atomic E-state index is 0.0154. The van der Waals surface area contributed by atoms with Gasteiger partial charge in [0, 0.05) is 84.1 Å². The van der Waals surface area contributed by atoms with E-state index in [4.69, 9.17) is 46.9 Å². The number of benzene rings is 4. The quantitative estimate of drug-likeness (QED) is 0.0366. The number of alkyl halides is 3. The number of piperazine rings is 1. The number of aliphatic hydroxyl groups excluding tert-OH is 1. The molecule has 2 amide bonds. The van der Waals surface area contributed by atoms with Crippen LogP contribution in [0.4, 0.5) is 29.1 Å². The van der Waals surface area contributed by atoms with Crippen LogP contribution < -0.4 is 36.2 Å². The predicted molar refractivity (Wildman–Crippen MR) is 297 cm³/mol. The highest BCUT2D eigenvalue weighted by atomic mass is 35.5. The van der Waals surface area contributed by atoms with Gasteiger partial charge in [-0.25, -0.2) is 19.0 Å². The molecule has 4 aromatic carbocycles. The van der Waals surface area contributed by atoms with Crippen LogP contribution >= 0.6 is 11.6 Å². The highest BCUT2D eigenvalue weighted by Crippen LogP contribution is 2.51. The van der Waals surface area contributed by atoms with Gasteiger partial charge < -0.3 is 45.5 Å². The van der Waals surface area contributed by atoms with E-state index in [-0.39, 0.29) is 94.1 Å². The third kappa shape index (κ3) is 11.0. The van der Waals surface area contributed by atoms with E-state index in [1.165, 1.54) is 24.1 Å². The lowest BCUT2D eigenvalue weighted by Crippen LogP contribution is -2.50.